The van der Waals surface area contributed by atoms with Crippen LogP contribution in [0.15, 0.2) is 6.20 Å². The van der Waals surface area contributed by atoms with E-state index in [1.807, 2.05) is 6.92 Å². The second kappa shape index (κ2) is 3.57. The summed E-state index contributed by atoms with van der Waals surface area (Å²) in [6.45, 7) is 1.83. The number of aryl methyl sites for hydroxylation is 1. The van der Waals surface area contributed by atoms with Crippen molar-refractivity contribution in [2.45, 2.75) is 6.92 Å². The van der Waals surface area contributed by atoms with Crippen LogP contribution in [0, 0.1) is 0 Å². The first-order valence-corrected chi connectivity index (χ1v) is 4.89. The van der Waals surface area contributed by atoms with Crippen LogP contribution in [0.1, 0.15) is 6.92 Å². The molecular weight excluding hydrogens is 176 g/mol. The number of hydrogen-bond donors (Lipinski definition) is 2. The number of nitrogens with zero attached hydrogens (tertiary/aromatic N) is 2. The van der Waals surface area contributed by atoms with Crippen molar-refractivity contribution in [3.05, 3.63) is 6.20 Å². The Balaban J connectivity index is 2.80. The molecule has 0 bridgehead atoms. The van der Waals surface area contributed by atoms with E-state index in [-0.39, 0.29) is 0 Å². The first-order valence-electron chi connectivity index (χ1n) is 3.57. The van der Waals surface area contributed by atoms with Crippen LogP contribution in [0.5, 0.6) is 0 Å². The van der Waals surface area contributed by atoms with Crippen LogP contribution in [0.2, 0.25) is 0 Å². The van der Waals surface area contributed by atoms with Crippen LogP contribution in [0.4, 0.5) is 11.5 Å². The molecule has 1 rings (SSSR count). The van der Waals surface area contributed by atoms with E-state index in [0.29, 0.717) is 17.3 Å². The molecule has 0 aromatic carbocycles. The minimum atomic E-state index is -1.07. The minimum Gasteiger partial charge on any atom is -0.394 e. The van der Waals surface area contributed by atoms with Gasteiger partial charge in [-0.05, 0) is 0 Å². The van der Waals surface area contributed by atoms with Gasteiger partial charge in [-0.3, -0.25) is 9.40 Å². The zero-order valence-corrected chi connectivity index (χ0v) is 7.89. The lowest BCUT2D eigenvalue weighted by atomic mass is 10.5. The predicted octanol–water partition coefficient (Wildman–Crippen LogP) is 0.0978. The summed E-state index contributed by atoms with van der Waals surface area (Å²) in [5.41, 5.74) is 6.08. The van der Waals surface area contributed by atoms with Gasteiger partial charge in [0.25, 0.3) is 0 Å². The standard InChI is InChI=1S/C6H12N4OS/c1-3-12(11)9-6-5(7)4-8-10(6)2/h4,9H,3,7H2,1-2H3. The quantitative estimate of drug-likeness (QED) is 0.706. The summed E-state index contributed by atoms with van der Waals surface area (Å²) in [6.07, 6.45) is 1.52. The molecule has 1 aromatic heterocycles. The normalized spacial score (nSPS) is 12.8. The highest BCUT2D eigenvalue weighted by atomic mass is 32.2. The molecule has 3 N–H and O–H groups in total. The summed E-state index contributed by atoms with van der Waals surface area (Å²) in [5.74, 6) is 1.15. The molecule has 1 aromatic rings. The molecule has 0 fully saturated rings. The largest absolute Gasteiger partial charge is 0.394 e. The molecule has 0 spiro atoms. The van der Waals surface area contributed by atoms with Gasteiger partial charge >= 0.3 is 0 Å². The summed E-state index contributed by atoms with van der Waals surface area (Å²) in [7, 11) is 0.674. The van der Waals surface area contributed by atoms with Gasteiger partial charge in [0.2, 0.25) is 0 Å². The lowest BCUT2D eigenvalue weighted by Crippen LogP contribution is -2.10. The molecular formula is C6H12N4OS. The van der Waals surface area contributed by atoms with Crippen molar-refractivity contribution in [2.24, 2.45) is 7.05 Å². The van der Waals surface area contributed by atoms with Gasteiger partial charge in [0.1, 0.15) is 11.0 Å². The molecule has 1 atom stereocenters. The van der Waals surface area contributed by atoms with Crippen molar-refractivity contribution in [3.8, 4) is 0 Å². The Labute approximate surface area is 73.5 Å². The van der Waals surface area contributed by atoms with E-state index in [2.05, 4.69) is 9.82 Å². The van der Waals surface area contributed by atoms with Crippen molar-refractivity contribution in [2.75, 3.05) is 16.2 Å². The Morgan fingerprint density at radius 3 is 2.92 bits per heavy atom. The predicted molar refractivity (Wildman–Crippen MR) is 49.9 cm³/mol. The third kappa shape index (κ3) is 1.76. The highest BCUT2D eigenvalue weighted by Crippen LogP contribution is 2.15. The van der Waals surface area contributed by atoms with Crippen molar-refractivity contribution in [1.29, 1.82) is 0 Å². The summed E-state index contributed by atoms with van der Waals surface area (Å²) in [5, 5.41) is 3.90. The molecule has 1 unspecified atom stereocenters. The molecule has 1 heterocycles. The van der Waals surface area contributed by atoms with Crippen molar-refractivity contribution >= 4 is 22.5 Å². The molecule has 0 saturated heterocycles. The van der Waals surface area contributed by atoms with E-state index in [1.54, 1.807) is 11.7 Å². The SMILES string of the molecule is CCS(=O)Nc1c(N)cnn1C. The molecule has 0 radical (unpaired) electrons. The molecule has 0 amide bonds. The van der Waals surface area contributed by atoms with Gasteiger partial charge < -0.3 is 5.73 Å². The highest BCUT2D eigenvalue weighted by molar-refractivity contribution is 7.86. The number of nitrogen functional groups attached to an aromatic ring is 1. The van der Waals surface area contributed by atoms with Gasteiger partial charge in [0.05, 0.1) is 11.9 Å². The second-order valence-electron chi connectivity index (χ2n) is 2.31. The lowest BCUT2D eigenvalue weighted by molar-refractivity contribution is 0.686. The number of nitrogens with two attached hydrogens (primary N) is 1. The molecule has 68 valence electrons. The van der Waals surface area contributed by atoms with E-state index < -0.39 is 11.0 Å². The molecule has 5 nitrogen and oxygen atoms in total. The summed E-state index contributed by atoms with van der Waals surface area (Å²) < 4.78 is 15.4. The Kier molecular flexibility index (Phi) is 2.69. The summed E-state index contributed by atoms with van der Waals surface area (Å²) in [4.78, 5) is 0. The van der Waals surface area contributed by atoms with Crippen molar-refractivity contribution < 1.29 is 4.21 Å². The van der Waals surface area contributed by atoms with E-state index in [4.69, 9.17) is 5.73 Å². The number of rotatable bonds is 3. The van der Waals surface area contributed by atoms with Gasteiger partial charge in [0, 0.05) is 12.8 Å². The van der Waals surface area contributed by atoms with E-state index in [9.17, 15) is 4.21 Å². The Hall–Kier alpha value is -1.04. The van der Waals surface area contributed by atoms with Crippen molar-refractivity contribution in [1.82, 2.24) is 9.78 Å². The summed E-state index contributed by atoms with van der Waals surface area (Å²) >= 11 is 0. The van der Waals surface area contributed by atoms with Crippen LogP contribution in [-0.4, -0.2) is 19.7 Å². The smallest absolute Gasteiger partial charge is 0.159 e. The van der Waals surface area contributed by atoms with Gasteiger partial charge in [-0.2, -0.15) is 5.10 Å². The fourth-order valence-corrected chi connectivity index (χ4v) is 1.37. The maximum absolute atomic E-state index is 11.1. The fraction of sp³-hybridized carbons (Fsp3) is 0.500. The maximum atomic E-state index is 11.1. The van der Waals surface area contributed by atoms with Crippen LogP contribution in [-0.2, 0) is 18.0 Å². The average Bonchev–Trinajstić information content (AvgIpc) is 2.35. The van der Waals surface area contributed by atoms with Crippen molar-refractivity contribution in [3.63, 3.8) is 0 Å². The molecule has 0 aliphatic heterocycles. The van der Waals surface area contributed by atoms with E-state index in [1.165, 1.54) is 6.20 Å². The molecule has 0 aliphatic carbocycles. The number of hydrogen-bond acceptors (Lipinski definition) is 3. The van der Waals surface area contributed by atoms with Gasteiger partial charge in [-0.1, -0.05) is 6.92 Å². The molecule has 0 saturated carbocycles. The molecule has 0 aliphatic rings. The van der Waals surface area contributed by atoms with E-state index in [0.717, 1.165) is 0 Å². The minimum absolute atomic E-state index is 0.513. The first-order chi connectivity index (χ1) is 5.65. The number of nitrogens with one attached hydrogen (secondary N) is 1. The molecule has 12 heavy (non-hydrogen) atoms. The fourth-order valence-electron chi connectivity index (χ4n) is 0.759. The van der Waals surface area contributed by atoms with Crippen LogP contribution in [0.3, 0.4) is 0 Å². The Morgan fingerprint density at radius 2 is 2.50 bits per heavy atom. The third-order valence-electron chi connectivity index (χ3n) is 1.44. The zero-order valence-electron chi connectivity index (χ0n) is 7.07. The monoisotopic (exact) mass is 188 g/mol. The first kappa shape index (κ1) is 9.05. The Bertz CT molecular complexity index is 276. The number of aromatic nitrogens is 2. The van der Waals surface area contributed by atoms with Crippen LogP contribution < -0.4 is 10.5 Å². The van der Waals surface area contributed by atoms with Crippen LogP contribution >= 0.6 is 0 Å². The Morgan fingerprint density at radius 1 is 1.83 bits per heavy atom. The van der Waals surface area contributed by atoms with Gasteiger partial charge in [0.15, 0.2) is 5.82 Å². The zero-order chi connectivity index (χ0) is 9.14. The maximum Gasteiger partial charge on any atom is 0.159 e. The van der Waals surface area contributed by atoms with Gasteiger partial charge in [-0.25, -0.2) is 4.21 Å². The topological polar surface area (TPSA) is 72.9 Å². The van der Waals surface area contributed by atoms with Gasteiger partial charge in [-0.15, -0.1) is 0 Å². The lowest BCUT2D eigenvalue weighted by Gasteiger charge is -2.04. The highest BCUT2D eigenvalue weighted by Gasteiger charge is 2.06. The van der Waals surface area contributed by atoms with Crippen LogP contribution in [0.25, 0.3) is 0 Å². The second-order valence-corrected chi connectivity index (χ2v) is 3.78. The van der Waals surface area contributed by atoms with E-state index >= 15 is 0 Å². The average molecular weight is 188 g/mol. The third-order valence-corrected chi connectivity index (χ3v) is 2.39. The molecule has 6 heteroatoms. The number of anilines is 2. The summed E-state index contributed by atoms with van der Waals surface area (Å²) in [6, 6.07) is 0.